The van der Waals surface area contributed by atoms with Gasteiger partial charge >= 0.3 is 12.1 Å². The first-order valence-corrected chi connectivity index (χ1v) is 6.57. The van der Waals surface area contributed by atoms with Crippen LogP contribution in [0.5, 0.6) is 0 Å². The van der Waals surface area contributed by atoms with Crippen LogP contribution in [-0.2, 0) is 9.53 Å². The average molecular weight is 268 g/mol. The normalized spacial score (nSPS) is 15.2. The van der Waals surface area contributed by atoms with E-state index in [2.05, 4.69) is 0 Å². The van der Waals surface area contributed by atoms with Crippen molar-refractivity contribution >= 4 is 5.97 Å². The Labute approximate surface area is 107 Å². The molecule has 0 aromatic heterocycles. The van der Waals surface area contributed by atoms with E-state index in [-0.39, 0.29) is 13.0 Å². The highest BCUT2D eigenvalue weighted by Crippen LogP contribution is 2.35. The number of rotatable bonds is 8. The van der Waals surface area contributed by atoms with Gasteiger partial charge in [-0.2, -0.15) is 13.2 Å². The fourth-order valence-electron chi connectivity index (χ4n) is 1.84. The van der Waals surface area contributed by atoms with Crippen LogP contribution < -0.4 is 0 Å². The van der Waals surface area contributed by atoms with Crippen LogP contribution in [0.1, 0.15) is 52.9 Å². The molecule has 0 saturated heterocycles. The van der Waals surface area contributed by atoms with E-state index in [0.717, 1.165) is 26.2 Å². The van der Waals surface area contributed by atoms with E-state index in [1.165, 1.54) is 0 Å². The molecule has 0 aromatic carbocycles. The molecule has 5 heteroatoms. The lowest BCUT2D eigenvalue weighted by atomic mass is 9.88. The third-order valence-corrected chi connectivity index (χ3v) is 3.08. The van der Waals surface area contributed by atoms with Crippen LogP contribution in [0.3, 0.4) is 0 Å². The maximum Gasteiger partial charge on any atom is 0.392 e. The fourth-order valence-corrected chi connectivity index (χ4v) is 1.84. The van der Waals surface area contributed by atoms with Gasteiger partial charge in [0.1, 0.15) is 0 Å². The minimum atomic E-state index is -4.35. The van der Waals surface area contributed by atoms with Crippen LogP contribution in [0.2, 0.25) is 0 Å². The Morgan fingerprint density at radius 3 is 2.22 bits per heavy atom. The molecule has 0 aromatic rings. The summed E-state index contributed by atoms with van der Waals surface area (Å²) in [7, 11) is 0. The first-order chi connectivity index (χ1) is 8.34. The first-order valence-electron chi connectivity index (χ1n) is 6.57. The van der Waals surface area contributed by atoms with Crippen molar-refractivity contribution in [2.24, 2.45) is 11.8 Å². The highest BCUT2D eigenvalue weighted by molar-refractivity contribution is 5.72. The van der Waals surface area contributed by atoms with Crippen LogP contribution in [0.15, 0.2) is 0 Å². The summed E-state index contributed by atoms with van der Waals surface area (Å²) in [6.07, 6.45) is -0.606. The van der Waals surface area contributed by atoms with Gasteiger partial charge in [-0.25, -0.2) is 0 Å². The Balaban J connectivity index is 4.47. The van der Waals surface area contributed by atoms with Gasteiger partial charge in [-0.05, 0) is 13.3 Å². The lowest BCUT2D eigenvalue weighted by molar-refractivity contribution is -0.194. The zero-order valence-electron chi connectivity index (χ0n) is 11.3. The van der Waals surface area contributed by atoms with E-state index in [0.29, 0.717) is 6.42 Å². The number of alkyl halides is 3. The van der Waals surface area contributed by atoms with Crippen molar-refractivity contribution in [3.8, 4) is 0 Å². The molecule has 0 radical (unpaired) electrons. The van der Waals surface area contributed by atoms with Crippen molar-refractivity contribution in [3.63, 3.8) is 0 Å². The average Bonchev–Trinajstić information content (AvgIpc) is 2.27. The van der Waals surface area contributed by atoms with Crippen molar-refractivity contribution in [2.75, 3.05) is 6.61 Å². The SMILES string of the molecule is CCCCCCC(C(=O)OCC)C(C)C(F)(F)F. The van der Waals surface area contributed by atoms with Gasteiger partial charge in [0.2, 0.25) is 0 Å². The second-order valence-electron chi connectivity index (χ2n) is 4.54. The minimum absolute atomic E-state index is 0.120. The van der Waals surface area contributed by atoms with Gasteiger partial charge in [-0.15, -0.1) is 0 Å². The summed E-state index contributed by atoms with van der Waals surface area (Å²) in [5.74, 6) is -3.43. The molecule has 2 atom stereocenters. The number of unbranched alkanes of at least 4 members (excludes halogenated alkanes) is 3. The minimum Gasteiger partial charge on any atom is -0.466 e. The molecule has 0 aliphatic carbocycles. The second kappa shape index (κ2) is 8.38. The monoisotopic (exact) mass is 268 g/mol. The largest absolute Gasteiger partial charge is 0.466 e. The fraction of sp³-hybridized carbons (Fsp3) is 0.923. The summed E-state index contributed by atoms with van der Waals surface area (Å²) in [5, 5.41) is 0. The number of carbonyl (C=O) groups excluding carboxylic acids is 1. The van der Waals surface area contributed by atoms with Crippen LogP contribution in [0, 0.1) is 11.8 Å². The molecule has 2 nitrogen and oxygen atoms in total. The lowest BCUT2D eigenvalue weighted by Crippen LogP contribution is -2.34. The molecule has 0 amide bonds. The number of hydrogen-bond acceptors (Lipinski definition) is 2. The number of esters is 1. The molecule has 0 spiro atoms. The lowest BCUT2D eigenvalue weighted by Gasteiger charge is -2.24. The van der Waals surface area contributed by atoms with E-state index in [1.807, 2.05) is 6.92 Å². The number of hydrogen-bond donors (Lipinski definition) is 0. The Morgan fingerprint density at radius 2 is 1.78 bits per heavy atom. The Morgan fingerprint density at radius 1 is 1.17 bits per heavy atom. The van der Waals surface area contributed by atoms with Gasteiger partial charge in [0.15, 0.2) is 0 Å². The summed E-state index contributed by atoms with van der Waals surface area (Å²) < 4.78 is 42.7. The molecule has 18 heavy (non-hydrogen) atoms. The Hall–Kier alpha value is -0.740. The maximum absolute atomic E-state index is 12.7. The quantitative estimate of drug-likeness (QED) is 0.483. The first kappa shape index (κ1) is 17.3. The molecule has 108 valence electrons. The summed E-state index contributed by atoms with van der Waals surface area (Å²) in [4.78, 5) is 11.6. The number of halogens is 3. The summed E-state index contributed by atoms with van der Waals surface area (Å²) in [6.45, 7) is 4.81. The smallest absolute Gasteiger partial charge is 0.392 e. The topological polar surface area (TPSA) is 26.3 Å². The van der Waals surface area contributed by atoms with E-state index in [9.17, 15) is 18.0 Å². The zero-order valence-corrected chi connectivity index (χ0v) is 11.3. The van der Waals surface area contributed by atoms with Crippen LogP contribution in [0.25, 0.3) is 0 Å². The molecule has 0 N–H and O–H groups in total. The molecule has 0 fully saturated rings. The highest BCUT2D eigenvalue weighted by atomic mass is 19.4. The third kappa shape index (κ3) is 6.26. The Kier molecular flexibility index (Phi) is 8.03. The van der Waals surface area contributed by atoms with E-state index in [4.69, 9.17) is 4.74 Å². The van der Waals surface area contributed by atoms with Gasteiger partial charge < -0.3 is 4.74 Å². The Bertz CT molecular complexity index is 239. The predicted octanol–water partition coefficient (Wildman–Crippen LogP) is 4.33. The molecule has 0 saturated carbocycles. The molecule has 2 unspecified atom stereocenters. The van der Waals surface area contributed by atoms with Gasteiger partial charge in [0.25, 0.3) is 0 Å². The number of carbonyl (C=O) groups is 1. The summed E-state index contributed by atoms with van der Waals surface area (Å²) in [6, 6.07) is 0. The standard InChI is InChI=1S/C13H23F3O2/c1-4-6-7-8-9-11(12(17)18-5-2)10(3)13(14,15)16/h10-11H,4-9H2,1-3H3. The van der Waals surface area contributed by atoms with Gasteiger partial charge in [0, 0.05) is 0 Å². The molecule has 0 heterocycles. The molecule has 0 bridgehead atoms. The van der Waals surface area contributed by atoms with E-state index in [1.54, 1.807) is 6.92 Å². The van der Waals surface area contributed by atoms with Crippen LogP contribution in [-0.4, -0.2) is 18.8 Å². The zero-order chi connectivity index (χ0) is 14.2. The van der Waals surface area contributed by atoms with E-state index < -0.39 is 24.0 Å². The van der Waals surface area contributed by atoms with Crippen LogP contribution in [0.4, 0.5) is 13.2 Å². The van der Waals surface area contributed by atoms with Gasteiger partial charge in [-0.3, -0.25) is 4.79 Å². The third-order valence-electron chi connectivity index (χ3n) is 3.08. The summed E-state index contributed by atoms with van der Waals surface area (Å²) >= 11 is 0. The summed E-state index contributed by atoms with van der Waals surface area (Å²) in [5.41, 5.74) is 0. The van der Waals surface area contributed by atoms with Gasteiger partial charge in [-0.1, -0.05) is 39.5 Å². The predicted molar refractivity (Wildman–Crippen MR) is 64.1 cm³/mol. The second-order valence-corrected chi connectivity index (χ2v) is 4.54. The van der Waals surface area contributed by atoms with Crippen molar-refractivity contribution in [1.82, 2.24) is 0 Å². The molecular weight excluding hydrogens is 245 g/mol. The highest BCUT2D eigenvalue weighted by Gasteiger charge is 2.44. The van der Waals surface area contributed by atoms with E-state index >= 15 is 0 Å². The number of ether oxygens (including phenoxy) is 1. The van der Waals surface area contributed by atoms with Crippen molar-refractivity contribution in [2.45, 2.75) is 59.1 Å². The van der Waals surface area contributed by atoms with Crippen molar-refractivity contribution in [3.05, 3.63) is 0 Å². The van der Waals surface area contributed by atoms with Crippen LogP contribution >= 0.6 is 0 Å². The van der Waals surface area contributed by atoms with Crippen molar-refractivity contribution < 1.29 is 22.7 Å². The molecule has 0 aliphatic heterocycles. The molecule has 0 aliphatic rings. The van der Waals surface area contributed by atoms with Crippen molar-refractivity contribution in [1.29, 1.82) is 0 Å². The maximum atomic E-state index is 12.7. The van der Waals surface area contributed by atoms with Gasteiger partial charge in [0.05, 0.1) is 18.4 Å². The molecular formula is C13H23F3O2. The molecule has 0 rings (SSSR count).